The molecule has 4 rings (SSSR count). The van der Waals surface area contributed by atoms with Crippen molar-refractivity contribution in [1.29, 1.82) is 5.26 Å². The highest BCUT2D eigenvalue weighted by Gasteiger charge is 2.39. The van der Waals surface area contributed by atoms with Crippen LogP contribution < -0.4 is 10.6 Å². The molecule has 1 amide bonds. The Bertz CT molecular complexity index is 1080. The van der Waals surface area contributed by atoms with Gasteiger partial charge in [-0.2, -0.15) is 10.4 Å². The summed E-state index contributed by atoms with van der Waals surface area (Å²) in [5.74, 6) is 0.142. The van der Waals surface area contributed by atoms with Crippen molar-refractivity contribution in [1.82, 2.24) is 20.5 Å². The average molecular weight is 463 g/mol. The molecule has 2 unspecified atom stereocenters. The molecule has 0 aromatic heterocycles. The van der Waals surface area contributed by atoms with Crippen LogP contribution in [0.1, 0.15) is 29.5 Å². The number of carbonyl (C=O) groups excluding carboxylic acids is 1. The highest BCUT2D eigenvalue weighted by atomic mass is 35.5. The fourth-order valence-electron chi connectivity index (χ4n) is 4.31. The van der Waals surface area contributed by atoms with Gasteiger partial charge in [0.05, 0.1) is 18.3 Å². The first-order chi connectivity index (χ1) is 16.1. The van der Waals surface area contributed by atoms with E-state index in [4.69, 9.17) is 16.7 Å². The van der Waals surface area contributed by atoms with E-state index >= 15 is 0 Å². The zero-order valence-electron chi connectivity index (χ0n) is 18.4. The van der Waals surface area contributed by atoms with Crippen LogP contribution in [0, 0.1) is 11.5 Å². The summed E-state index contributed by atoms with van der Waals surface area (Å²) >= 11 is 6.08. The first kappa shape index (κ1) is 22.8. The lowest BCUT2D eigenvalue weighted by Crippen LogP contribution is -2.53. The van der Waals surface area contributed by atoms with Crippen molar-refractivity contribution in [2.45, 2.75) is 31.6 Å². The number of nitriles is 1. The van der Waals surface area contributed by atoms with Gasteiger partial charge < -0.3 is 4.90 Å². The van der Waals surface area contributed by atoms with Crippen molar-refractivity contribution in [3.63, 3.8) is 0 Å². The van der Waals surface area contributed by atoms with Crippen LogP contribution >= 0.6 is 11.6 Å². The molecule has 0 aliphatic carbocycles. The fraction of sp³-hybridized carbons (Fsp3) is 0.320. The van der Waals surface area contributed by atoms with E-state index in [1.165, 1.54) is 5.56 Å². The summed E-state index contributed by atoms with van der Waals surface area (Å²) in [5, 5.41) is 22.9. The predicted molar refractivity (Wildman–Crippen MR) is 130 cm³/mol. The summed E-state index contributed by atoms with van der Waals surface area (Å²) in [6.07, 6.45) is 5.58. The average Bonchev–Trinajstić information content (AvgIpc) is 3.45. The van der Waals surface area contributed by atoms with Crippen molar-refractivity contribution in [3.8, 4) is 6.19 Å². The molecule has 2 aromatic rings. The normalized spacial score (nSPS) is 18.7. The van der Waals surface area contributed by atoms with Gasteiger partial charge in [-0.3, -0.25) is 20.4 Å². The van der Waals surface area contributed by atoms with Gasteiger partial charge in [-0.1, -0.05) is 60.7 Å². The molecule has 2 aliphatic heterocycles. The van der Waals surface area contributed by atoms with E-state index in [1.807, 2.05) is 58.6 Å². The molecule has 33 heavy (non-hydrogen) atoms. The lowest BCUT2D eigenvalue weighted by Gasteiger charge is -2.29. The van der Waals surface area contributed by atoms with Crippen LogP contribution in [0.5, 0.6) is 0 Å². The molecule has 2 atom stereocenters. The van der Waals surface area contributed by atoms with Gasteiger partial charge in [0.25, 0.3) is 0 Å². The Morgan fingerprint density at radius 3 is 2.82 bits per heavy atom. The molecule has 1 saturated heterocycles. The SMILES string of the molecule is C=Cc1cccc(CCNC(NC#N)N2CC(N3CCCC3=O)C(c3ccc(Cl)cc3)=N2)c1. The summed E-state index contributed by atoms with van der Waals surface area (Å²) in [5.41, 5.74) is 3.99. The highest BCUT2D eigenvalue weighted by Crippen LogP contribution is 2.25. The minimum absolute atomic E-state index is 0.142. The summed E-state index contributed by atoms with van der Waals surface area (Å²) in [6, 6.07) is 15.5. The molecule has 1 fully saturated rings. The molecule has 0 spiro atoms. The van der Waals surface area contributed by atoms with Crippen molar-refractivity contribution in [2.24, 2.45) is 5.10 Å². The van der Waals surface area contributed by atoms with Gasteiger partial charge in [-0.05, 0) is 36.1 Å². The van der Waals surface area contributed by atoms with Gasteiger partial charge in [-0.25, -0.2) is 0 Å². The molecule has 170 valence electrons. The zero-order valence-corrected chi connectivity index (χ0v) is 19.1. The Kier molecular flexibility index (Phi) is 7.28. The van der Waals surface area contributed by atoms with Gasteiger partial charge in [0.1, 0.15) is 0 Å². The first-order valence-electron chi connectivity index (χ1n) is 11.1. The second-order valence-corrected chi connectivity index (χ2v) is 8.57. The Morgan fingerprint density at radius 2 is 2.12 bits per heavy atom. The lowest BCUT2D eigenvalue weighted by molar-refractivity contribution is -0.128. The maximum Gasteiger partial charge on any atom is 0.223 e. The number of nitrogens with one attached hydrogen (secondary N) is 2. The number of likely N-dealkylation sites (tertiary alicyclic amines) is 1. The molecular weight excluding hydrogens is 436 g/mol. The van der Waals surface area contributed by atoms with E-state index in [-0.39, 0.29) is 11.9 Å². The third-order valence-electron chi connectivity index (χ3n) is 5.98. The third kappa shape index (κ3) is 5.36. The number of hydrogen-bond acceptors (Lipinski definition) is 6. The molecule has 2 aliphatic rings. The summed E-state index contributed by atoms with van der Waals surface area (Å²) in [4.78, 5) is 14.4. The van der Waals surface area contributed by atoms with Crippen LogP contribution in [0.2, 0.25) is 5.02 Å². The summed E-state index contributed by atoms with van der Waals surface area (Å²) < 4.78 is 0. The minimum atomic E-state index is -0.484. The smallest absolute Gasteiger partial charge is 0.223 e. The van der Waals surface area contributed by atoms with Gasteiger partial charge >= 0.3 is 0 Å². The Hall–Kier alpha value is -3.34. The summed E-state index contributed by atoms with van der Waals surface area (Å²) in [7, 11) is 0. The van der Waals surface area contributed by atoms with E-state index < -0.39 is 6.29 Å². The lowest BCUT2D eigenvalue weighted by atomic mass is 10.0. The maximum atomic E-state index is 12.5. The molecule has 2 aromatic carbocycles. The second kappa shape index (κ2) is 10.5. The second-order valence-electron chi connectivity index (χ2n) is 8.13. The number of hydrogen-bond donors (Lipinski definition) is 2. The minimum Gasteiger partial charge on any atom is -0.332 e. The molecule has 0 saturated carbocycles. The zero-order chi connectivity index (χ0) is 23.2. The standard InChI is InChI=1S/C25H27ClN6O/c1-2-18-5-3-6-19(15-18)12-13-28-25(29-17-27)32-16-22(31-14-4-7-23(31)33)24(30-32)20-8-10-21(26)11-9-20/h2-3,5-6,8-11,15,22,25,28-29H,1,4,7,12-14,16H2. The van der Waals surface area contributed by atoms with Crippen LogP contribution in [-0.4, -0.2) is 53.5 Å². The topological polar surface area (TPSA) is 83.8 Å². The van der Waals surface area contributed by atoms with Crippen LogP contribution in [0.3, 0.4) is 0 Å². The molecule has 2 heterocycles. The molecule has 8 heteroatoms. The molecule has 2 N–H and O–H groups in total. The molecule has 0 bridgehead atoms. The van der Waals surface area contributed by atoms with E-state index in [2.05, 4.69) is 29.3 Å². The first-order valence-corrected chi connectivity index (χ1v) is 11.5. The van der Waals surface area contributed by atoms with Gasteiger partial charge in [0, 0.05) is 30.1 Å². The molecular formula is C25H27ClN6O. The van der Waals surface area contributed by atoms with Crippen molar-refractivity contribution in [3.05, 3.63) is 76.8 Å². The van der Waals surface area contributed by atoms with Crippen molar-refractivity contribution in [2.75, 3.05) is 19.6 Å². The maximum absolute atomic E-state index is 12.5. The number of rotatable bonds is 9. The number of benzene rings is 2. The number of amides is 1. The molecule has 7 nitrogen and oxygen atoms in total. The van der Waals surface area contributed by atoms with Crippen molar-refractivity contribution >= 4 is 29.3 Å². The quantitative estimate of drug-likeness (QED) is 0.339. The Morgan fingerprint density at radius 1 is 1.30 bits per heavy atom. The van der Waals surface area contributed by atoms with Crippen LogP contribution in [0.15, 0.2) is 60.2 Å². The van der Waals surface area contributed by atoms with Crippen molar-refractivity contribution < 1.29 is 4.79 Å². The van der Waals surface area contributed by atoms with Crippen LogP contribution in [-0.2, 0) is 11.2 Å². The Labute approximate surface area is 199 Å². The van der Waals surface area contributed by atoms with E-state index in [0.717, 1.165) is 29.7 Å². The van der Waals surface area contributed by atoms with E-state index in [9.17, 15) is 10.1 Å². The number of nitrogens with zero attached hydrogens (tertiary/aromatic N) is 4. The van der Waals surface area contributed by atoms with Crippen LogP contribution in [0.25, 0.3) is 6.08 Å². The fourth-order valence-corrected chi connectivity index (χ4v) is 4.44. The number of hydrazone groups is 1. The highest BCUT2D eigenvalue weighted by molar-refractivity contribution is 6.30. The monoisotopic (exact) mass is 462 g/mol. The number of halogens is 1. The Balaban J connectivity index is 1.51. The third-order valence-corrected chi connectivity index (χ3v) is 6.23. The predicted octanol–water partition coefficient (Wildman–Crippen LogP) is 3.18. The van der Waals surface area contributed by atoms with E-state index in [1.54, 1.807) is 0 Å². The van der Waals surface area contributed by atoms with Gasteiger partial charge in [-0.15, -0.1) is 0 Å². The van der Waals surface area contributed by atoms with Crippen LogP contribution in [0.4, 0.5) is 0 Å². The summed E-state index contributed by atoms with van der Waals surface area (Å²) in [6.45, 7) is 5.69. The van der Waals surface area contributed by atoms with E-state index in [0.29, 0.717) is 31.1 Å². The largest absolute Gasteiger partial charge is 0.332 e. The van der Waals surface area contributed by atoms with Gasteiger partial charge in [0.2, 0.25) is 5.91 Å². The molecule has 0 radical (unpaired) electrons. The van der Waals surface area contributed by atoms with Gasteiger partial charge in [0.15, 0.2) is 12.5 Å². The number of carbonyl (C=O) groups is 1.